The highest BCUT2D eigenvalue weighted by Crippen LogP contribution is 2.15. The molecule has 1 unspecified atom stereocenters. The third-order valence-corrected chi connectivity index (χ3v) is 5.08. The van der Waals surface area contributed by atoms with Crippen LogP contribution in [0.2, 0.25) is 0 Å². The number of hydrogen-bond acceptors (Lipinski definition) is 5. The van der Waals surface area contributed by atoms with Gasteiger partial charge in [0.2, 0.25) is 11.8 Å². The molecule has 1 atom stereocenters. The van der Waals surface area contributed by atoms with Crippen molar-refractivity contribution in [3.63, 3.8) is 0 Å². The lowest BCUT2D eigenvalue weighted by molar-refractivity contribution is -0.150. The number of carbonyl (C=O) groups is 3. The van der Waals surface area contributed by atoms with Gasteiger partial charge < -0.3 is 19.7 Å². The smallest absolute Gasteiger partial charge is 0.308 e. The van der Waals surface area contributed by atoms with Crippen molar-refractivity contribution in [3.05, 3.63) is 71.8 Å². The highest BCUT2D eigenvalue weighted by atomic mass is 16.5. The van der Waals surface area contributed by atoms with E-state index in [0.29, 0.717) is 26.1 Å². The first-order valence-corrected chi connectivity index (χ1v) is 10.8. The third-order valence-electron chi connectivity index (χ3n) is 5.08. The zero-order chi connectivity index (χ0) is 22.8. The molecular formula is C25H28N2O5. The highest BCUT2D eigenvalue weighted by molar-refractivity contribution is 5.97. The molecule has 1 heterocycles. The molecule has 0 aliphatic carbocycles. The van der Waals surface area contributed by atoms with Gasteiger partial charge in [0.1, 0.15) is 11.8 Å². The van der Waals surface area contributed by atoms with E-state index in [1.54, 1.807) is 6.08 Å². The van der Waals surface area contributed by atoms with Crippen LogP contribution >= 0.6 is 0 Å². The number of amides is 2. The summed E-state index contributed by atoms with van der Waals surface area (Å²) in [4.78, 5) is 38.9. The largest absolute Gasteiger partial charge is 0.494 e. The third kappa shape index (κ3) is 6.70. The van der Waals surface area contributed by atoms with E-state index < -0.39 is 12.0 Å². The van der Waals surface area contributed by atoms with Gasteiger partial charge in [-0.3, -0.25) is 14.4 Å². The number of carbonyl (C=O) groups excluding carboxylic acids is 3. The summed E-state index contributed by atoms with van der Waals surface area (Å²) in [7, 11) is 0. The van der Waals surface area contributed by atoms with Crippen LogP contribution in [0.15, 0.2) is 60.7 Å². The lowest BCUT2D eigenvalue weighted by Crippen LogP contribution is -2.57. The minimum absolute atomic E-state index is 0.177. The molecule has 1 N–H and O–H groups in total. The molecule has 1 saturated heterocycles. The second-order valence-corrected chi connectivity index (χ2v) is 7.33. The number of rotatable bonds is 9. The Morgan fingerprint density at radius 1 is 1.12 bits per heavy atom. The molecular weight excluding hydrogens is 408 g/mol. The monoisotopic (exact) mass is 436 g/mol. The van der Waals surface area contributed by atoms with Crippen LogP contribution < -0.4 is 10.1 Å². The molecule has 7 nitrogen and oxygen atoms in total. The predicted molar refractivity (Wildman–Crippen MR) is 121 cm³/mol. The van der Waals surface area contributed by atoms with Crippen LogP contribution in [-0.2, 0) is 25.5 Å². The van der Waals surface area contributed by atoms with E-state index in [-0.39, 0.29) is 24.8 Å². The van der Waals surface area contributed by atoms with E-state index in [0.717, 1.165) is 16.9 Å². The Kier molecular flexibility index (Phi) is 8.43. The summed E-state index contributed by atoms with van der Waals surface area (Å²) in [5, 5.41) is 2.72. The van der Waals surface area contributed by atoms with Gasteiger partial charge in [0.25, 0.3) is 0 Å². The summed E-state index contributed by atoms with van der Waals surface area (Å²) >= 11 is 0. The van der Waals surface area contributed by atoms with Gasteiger partial charge in [-0.15, -0.1) is 0 Å². The number of esters is 1. The van der Waals surface area contributed by atoms with Crippen LogP contribution in [0.1, 0.15) is 24.5 Å². The molecule has 3 rings (SSSR count). The first-order valence-electron chi connectivity index (χ1n) is 10.8. The standard InChI is InChI=1S/C25H28N2O5/c1-2-31-21-11-8-20(9-12-21)10-13-23(28)27-16-15-26-25(30)22(27)18-24(29)32-17-14-19-6-4-3-5-7-19/h3-13,22H,2,14-18H2,1H3,(H,26,30)/b13-10+. The van der Waals surface area contributed by atoms with E-state index >= 15 is 0 Å². The van der Waals surface area contributed by atoms with Crippen LogP contribution in [0, 0.1) is 0 Å². The van der Waals surface area contributed by atoms with Gasteiger partial charge >= 0.3 is 5.97 Å². The molecule has 1 aliphatic rings. The fraction of sp³-hybridized carbons (Fsp3) is 0.320. The van der Waals surface area contributed by atoms with Crippen molar-refractivity contribution in [2.45, 2.75) is 25.8 Å². The Morgan fingerprint density at radius 2 is 1.88 bits per heavy atom. The highest BCUT2D eigenvalue weighted by Gasteiger charge is 2.34. The lowest BCUT2D eigenvalue weighted by atomic mass is 10.1. The molecule has 1 aliphatic heterocycles. The molecule has 0 aromatic heterocycles. The molecule has 2 aromatic carbocycles. The molecule has 32 heavy (non-hydrogen) atoms. The summed E-state index contributed by atoms with van der Waals surface area (Å²) in [6.45, 7) is 3.40. The van der Waals surface area contributed by atoms with Crippen LogP contribution in [0.3, 0.4) is 0 Å². The molecule has 1 fully saturated rings. The zero-order valence-corrected chi connectivity index (χ0v) is 18.2. The molecule has 7 heteroatoms. The Hall–Kier alpha value is -3.61. The number of benzene rings is 2. The maximum Gasteiger partial charge on any atom is 0.308 e. The Balaban J connectivity index is 1.55. The number of nitrogens with zero attached hydrogens (tertiary/aromatic N) is 1. The van der Waals surface area contributed by atoms with Gasteiger partial charge in [0.05, 0.1) is 19.6 Å². The van der Waals surface area contributed by atoms with Gasteiger partial charge in [-0.05, 0) is 36.3 Å². The molecule has 0 spiro atoms. The van der Waals surface area contributed by atoms with Crippen LogP contribution in [0.5, 0.6) is 5.75 Å². The molecule has 2 aromatic rings. The van der Waals surface area contributed by atoms with E-state index in [1.165, 1.54) is 11.0 Å². The van der Waals surface area contributed by atoms with Crippen molar-refractivity contribution in [3.8, 4) is 5.75 Å². The van der Waals surface area contributed by atoms with E-state index in [2.05, 4.69) is 5.32 Å². The normalized spacial score (nSPS) is 16.0. The number of nitrogens with one attached hydrogen (secondary N) is 1. The first kappa shape index (κ1) is 23.1. The molecule has 0 saturated carbocycles. The molecule has 0 bridgehead atoms. The Morgan fingerprint density at radius 3 is 2.59 bits per heavy atom. The van der Waals surface area contributed by atoms with Crippen molar-refractivity contribution in [2.24, 2.45) is 0 Å². The maximum absolute atomic E-state index is 12.8. The molecule has 0 radical (unpaired) electrons. The average Bonchev–Trinajstić information content (AvgIpc) is 2.80. The summed E-state index contributed by atoms with van der Waals surface area (Å²) < 4.78 is 10.7. The van der Waals surface area contributed by atoms with Crippen molar-refractivity contribution in [1.29, 1.82) is 0 Å². The summed E-state index contributed by atoms with van der Waals surface area (Å²) in [5.74, 6) is -0.416. The number of hydrogen-bond donors (Lipinski definition) is 1. The second kappa shape index (κ2) is 11.7. The molecule has 2 amide bonds. The minimum Gasteiger partial charge on any atom is -0.494 e. The summed E-state index contributed by atoms with van der Waals surface area (Å²) in [6.07, 6.45) is 3.52. The fourth-order valence-corrected chi connectivity index (χ4v) is 3.43. The average molecular weight is 437 g/mol. The predicted octanol–water partition coefficient (Wildman–Crippen LogP) is 2.60. The fourth-order valence-electron chi connectivity index (χ4n) is 3.43. The molecule has 168 valence electrons. The van der Waals surface area contributed by atoms with Gasteiger partial charge in [-0.25, -0.2) is 0 Å². The van der Waals surface area contributed by atoms with Gasteiger partial charge in [0.15, 0.2) is 0 Å². The first-order chi connectivity index (χ1) is 15.6. The van der Waals surface area contributed by atoms with E-state index in [9.17, 15) is 14.4 Å². The SMILES string of the molecule is CCOc1ccc(/C=C/C(=O)N2CCNC(=O)C2CC(=O)OCCc2ccccc2)cc1. The van der Waals surface area contributed by atoms with E-state index in [1.807, 2.05) is 61.5 Å². The van der Waals surface area contributed by atoms with Gasteiger partial charge in [-0.2, -0.15) is 0 Å². The second-order valence-electron chi connectivity index (χ2n) is 7.33. The number of piperazine rings is 1. The van der Waals surface area contributed by atoms with Crippen molar-refractivity contribution in [2.75, 3.05) is 26.3 Å². The maximum atomic E-state index is 12.8. The van der Waals surface area contributed by atoms with Crippen molar-refractivity contribution in [1.82, 2.24) is 10.2 Å². The van der Waals surface area contributed by atoms with E-state index in [4.69, 9.17) is 9.47 Å². The number of ether oxygens (including phenoxy) is 2. The zero-order valence-electron chi connectivity index (χ0n) is 18.2. The van der Waals surface area contributed by atoms with Crippen LogP contribution in [-0.4, -0.2) is 55.0 Å². The Bertz CT molecular complexity index is 941. The summed E-state index contributed by atoms with van der Waals surface area (Å²) in [5.41, 5.74) is 1.90. The topological polar surface area (TPSA) is 84.9 Å². The van der Waals surface area contributed by atoms with Gasteiger partial charge in [-0.1, -0.05) is 42.5 Å². The van der Waals surface area contributed by atoms with Crippen molar-refractivity contribution < 1.29 is 23.9 Å². The Labute approximate surface area is 188 Å². The van der Waals surface area contributed by atoms with Gasteiger partial charge in [0, 0.05) is 25.6 Å². The summed E-state index contributed by atoms with van der Waals surface area (Å²) in [6, 6.07) is 16.2. The quantitative estimate of drug-likeness (QED) is 0.483. The lowest BCUT2D eigenvalue weighted by Gasteiger charge is -2.33. The van der Waals surface area contributed by atoms with Crippen molar-refractivity contribution >= 4 is 23.9 Å². The van der Waals surface area contributed by atoms with Crippen LogP contribution in [0.4, 0.5) is 0 Å². The minimum atomic E-state index is -0.884. The van der Waals surface area contributed by atoms with Crippen LogP contribution in [0.25, 0.3) is 6.08 Å².